The van der Waals surface area contributed by atoms with Crippen LogP contribution in [0.1, 0.15) is 13.3 Å². The second-order valence-corrected chi connectivity index (χ2v) is 3.94. The first-order chi connectivity index (χ1) is 6.29. The quantitative estimate of drug-likeness (QED) is 0.603. The van der Waals surface area contributed by atoms with Crippen molar-refractivity contribution in [1.82, 2.24) is 14.8 Å². The van der Waals surface area contributed by atoms with Crippen LogP contribution in [0.5, 0.6) is 0 Å². The minimum atomic E-state index is -0.140. The molecule has 0 bridgehead atoms. The highest BCUT2D eigenvalue weighted by Gasteiger charge is 2.06. The molecule has 0 aliphatic rings. The molecular weight excluding hydrogens is 210 g/mol. The number of rotatable bonds is 5. The van der Waals surface area contributed by atoms with E-state index >= 15 is 0 Å². The summed E-state index contributed by atoms with van der Waals surface area (Å²) >= 11 is 7.04. The number of H-pyrrole nitrogens is 1. The van der Waals surface area contributed by atoms with Crippen molar-refractivity contribution >= 4 is 23.4 Å². The third kappa shape index (κ3) is 2.77. The van der Waals surface area contributed by atoms with Crippen LogP contribution >= 0.6 is 23.4 Å². The molecule has 1 heterocycles. The molecule has 6 heteroatoms. The van der Waals surface area contributed by atoms with Gasteiger partial charge in [-0.2, -0.15) is 0 Å². The average molecular weight is 222 g/mol. The van der Waals surface area contributed by atoms with Gasteiger partial charge in [0.1, 0.15) is 0 Å². The minimum absolute atomic E-state index is 0.140. The zero-order valence-corrected chi connectivity index (χ0v) is 8.99. The Morgan fingerprint density at radius 3 is 3.08 bits per heavy atom. The first kappa shape index (κ1) is 10.7. The van der Waals surface area contributed by atoms with E-state index in [2.05, 4.69) is 10.2 Å². The van der Waals surface area contributed by atoms with Gasteiger partial charge in [0.2, 0.25) is 0 Å². The molecule has 13 heavy (non-hydrogen) atoms. The number of thioether (sulfide) groups is 1. The molecule has 0 aliphatic heterocycles. The van der Waals surface area contributed by atoms with Crippen LogP contribution < -0.4 is 5.69 Å². The number of nitrogens with zero attached hydrogens (tertiary/aromatic N) is 2. The lowest BCUT2D eigenvalue weighted by Crippen LogP contribution is -2.17. The highest BCUT2D eigenvalue weighted by Crippen LogP contribution is 2.12. The average Bonchev–Trinajstić information content (AvgIpc) is 2.46. The second kappa shape index (κ2) is 5.34. The zero-order chi connectivity index (χ0) is 9.68. The summed E-state index contributed by atoms with van der Waals surface area (Å²) in [5, 5.41) is 7.06. The van der Waals surface area contributed by atoms with Crippen LogP contribution in [0.3, 0.4) is 0 Å². The number of alkyl halides is 1. The fourth-order valence-corrected chi connectivity index (χ4v) is 1.90. The fourth-order valence-electron chi connectivity index (χ4n) is 0.964. The van der Waals surface area contributed by atoms with Gasteiger partial charge in [0.15, 0.2) is 5.16 Å². The Morgan fingerprint density at radius 2 is 2.46 bits per heavy atom. The van der Waals surface area contributed by atoms with Gasteiger partial charge < -0.3 is 0 Å². The van der Waals surface area contributed by atoms with E-state index in [1.165, 1.54) is 11.8 Å². The first-order valence-corrected chi connectivity index (χ1v) is 5.65. The Labute approximate surface area is 85.7 Å². The van der Waals surface area contributed by atoms with Crippen molar-refractivity contribution < 1.29 is 0 Å². The van der Waals surface area contributed by atoms with Crippen LogP contribution in [0, 0.1) is 0 Å². The lowest BCUT2D eigenvalue weighted by Gasteiger charge is -2.01. The molecule has 0 spiro atoms. The summed E-state index contributed by atoms with van der Waals surface area (Å²) in [6.45, 7) is 2.73. The Hall–Kier alpha value is -0.420. The number of nitrogens with one attached hydrogen (secondary N) is 1. The SMILES string of the molecule is CCCn1c(SCCCl)n[nH]c1=O. The number of hydrogen-bond donors (Lipinski definition) is 1. The van der Waals surface area contributed by atoms with Crippen molar-refractivity contribution in [3.05, 3.63) is 10.5 Å². The van der Waals surface area contributed by atoms with E-state index in [0.717, 1.165) is 17.3 Å². The Kier molecular flexibility index (Phi) is 4.38. The van der Waals surface area contributed by atoms with Crippen molar-refractivity contribution in [3.8, 4) is 0 Å². The van der Waals surface area contributed by atoms with Crippen molar-refractivity contribution in [2.24, 2.45) is 0 Å². The second-order valence-electron chi connectivity index (χ2n) is 2.50. The largest absolute Gasteiger partial charge is 0.343 e. The molecule has 1 N–H and O–H groups in total. The number of aromatic nitrogens is 3. The van der Waals surface area contributed by atoms with E-state index in [4.69, 9.17) is 11.6 Å². The molecule has 0 saturated carbocycles. The Morgan fingerprint density at radius 1 is 1.69 bits per heavy atom. The van der Waals surface area contributed by atoms with Crippen LogP contribution in [-0.4, -0.2) is 26.4 Å². The molecule has 0 saturated heterocycles. The fraction of sp³-hybridized carbons (Fsp3) is 0.714. The van der Waals surface area contributed by atoms with Gasteiger partial charge in [-0.3, -0.25) is 4.57 Å². The lowest BCUT2D eigenvalue weighted by molar-refractivity contribution is 0.604. The Balaban J connectivity index is 2.74. The maximum atomic E-state index is 11.2. The van der Waals surface area contributed by atoms with Gasteiger partial charge in [-0.25, -0.2) is 9.89 Å². The van der Waals surface area contributed by atoms with E-state index in [1.54, 1.807) is 4.57 Å². The molecule has 0 amide bonds. The van der Waals surface area contributed by atoms with Crippen LogP contribution in [0.25, 0.3) is 0 Å². The summed E-state index contributed by atoms with van der Waals surface area (Å²) in [6, 6.07) is 0. The molecular formula is C7H12ClN3OS. The molecule has 0 atom stereocenters. The first-order valence-electron chi connectivity index (χ1n) is 4.13. The van der Waals surface area contributed by atoms with Gasteiger partial charge in [-0.05, 0) is 6.42 Å². The summed E-state index contributed by atoms with van der Waals surface area (Å²) in [5.41, 5.74) is -0.140. The number of hydrogen-bond acceptors (Lipinski definition) is 3. The van der Waals surface area contributed by atoms with Crippen molar-refractivity contribution in [3.63, 3.8) is 0 Å². The van der Waals surface area contributed by atoms with E-state index < -0.39 is 0 Å². The van der Waals surface area contributed by atoms with Crippen LogP contribution in [0.2, 0.25) is 0 Å². The Bertz CT molecular complexity index is 309. The van der Waals surface area contributed by atoms with E-state index in [9.17, 15) is 4.79 Å². The lowest BCUT2D eigenvalue weighted by atomic mass is 10.5. The standard InChI is InChI=1S/C7H12ClN3OS/c1-2-4-11-6(12)9-10-7(11)13-5-3-8/h2-5H2,1H3,(H,9,12). The van der Waals surface area contributed by atoms with E-state index in [-0.39, 0.29) is 5.69 Å². The third-order valence-corrected chi connectivity index (χ3v) is 2.87. The third-order valence-electron chi connectivity index (χ3n) is 1.48. The highest BCUT2D eigenvalue weighted by atomic mass is 35.5. The summed E-state index contributed by atoms with van der Waals surface area (Å²) in [4.78, 5) is 11.2. The van der Waals surface area contributed by atoms with Crippen LogP contribution in [0.15, 0.2) is 9.95 Å². The zero-order valence-electron chi connectivity index (χ0n) is 7.42. The maximum absolute atomic E-state index is 11.2. The molecule has 0 unspecified atom stereocenters. The summed E-state index contributed by atoms with van der Waals surface area (Å²) in [6.07, 6.45) is 0.924. The van der Waals surface area contributed by atoms with Crippen molar-refractivity contribution in [2.45, 2.75) is 25.0 Å². The summed E-state index contributed by atoms with van der Waals surface area (Å²) in [5.74, 6) is 1.34. The monoisotopic (exact) mass is 221 g/mol. The molecule has 74 valence electrons. The number of halogens is 1. The summed E-state index contributed by atoms with van der Waals surface area (Å²) in [7, 11) is 0. The van der Waals surface area contributed by atoms with Crippen molar-refractivity contribution in [2.75, 3.05) is 11.6 Å². The topological polar surface area (TPSA) is 50.7 Å². The maximum Gasteiger partial charge on any atom is 0.343 e. The molecule has 1 aromatic rings. The van der Waals surface area contributed by atoms with Gasteiger partial charge in [0, 0.05) is 18.2 Å². The normalized spacial score (nSPS) is 10.6. The van der Waals surface area contributed by atoms with Gasteiger partial charge in [0.25, 0.3) is 0 Å². The van der Waals surface area contributed by atoms with Gasteiger partial charge in [-0.1, -0.05) is 18.7 Å². The van der Waals surface area contributed by atoms with Crippen LogP contribution in [0.4, 0.5) is 0 Å². The molecule has 0 aliphatic carbocycles. The molecule has 0 fully saturated rings. The van der Waals surface area contributed by atoms with Gasteiger partial charge in [0.05, 0.1) is 0 Å². The van der Waals surface area contributed by atoms with Gasteiger partial charge >= 0.3 is 5.69 Å². The predicted octanol–water partition coefficient (Wildman–Crippen LogP) is 1.31. The predicted molar refractivity (Wildman–Crippen MR) is 54.6 cm³/mol. The van der Waals surface area contributed by atoms with Crippen molar-refractivity contribution in [1.29, 1.82) is 0 Å². The molecule has 0 aromatic carbocycles. The smallest absolute Gasteiger partial charge is 0.270 e. The van der Waals surface area contributed by atoms with Gasteiger partial charge in [-0.15, -0.1) is 16.7 Å². The highest BCUT2D eigenvalue weighted by molar-refractivity contribution is 7.99. The summed E-state index contributed by atoms with van der Waals surface area (Å²) < 4.78 is 1.64. The molecule has 0 radical (unpaired) electrons. The van der Waals surface area contributed by atoms with Crippen LogP contribution in [-0.2, 0) is 6.54 Å². The van der Waals surface area contributed by atoms with E-state index in [1.807, 2.05) is 6.92 Å². The minimum Gasteiger partial charge on any atom is -0.270 e. The molecule has 1 aromatic heterocycles. The molecule has 1 rings (SSSR count). The van der Waals surface area contributed by atoms with E-state index in [0.29, 0.717) is 12.4 Å². The molecule has 4 nitrogen and oxygen atoms in total. The number of aromatic amines is 1.